The average Bonchev–Trinajstić information content (AvgIpc) is 2.80. The quantitative estimate of drug-likeness (QED) is 0.741. The fraction of sp³-hybridized carbons (Fsp3) is 0.294. The van der Waals surface area contributed by atoms with Gasteiger partial charge in [-0.25, -0.2) is 9.97 Å². The maximum Gasteiger partial charge on any atom is 0.433 e. The number of fused-ring (bicyclic) bond motifs is 1. The van der Waals surface area contributed by atoms with Gasteiger partial charge in [0.15, 0.2) is 0 Å². The molecular weight excluding hydrogens is 317 g/mol. The van der Waals surface area contributed by atoms with E-state index in [1.165, 1.54) is 5.56 Å². The number of anilines is 1. The van der Waals surface area contributed by atoms with Crippen molar-refractivity contribution < 1.29 is 13.2 Å². The van der Waals surface area contributed by atoms with Gasteiger partial charge >= 0.3 is 6.18 Å². The van der Waals surface area contributed by atoms with E-state index in [0.717, 1.165) is 40.0 Å². The van der Waals surface area contributed by atoms with Crippen molar-refractivity contribution in [2.45, 2.75) is 33.5 Å². The lowest BCUT2D eigenvalue weighted by Crippen LogP contribution is -2.11. The van der Waals surface area contributed by atoms with Crippen LogP contribution in [0.3, 0.4) is 0 Å². The molecule has 2 aromatic heterocycles. The van der Waals surface area contributed by atoms with Gasteiger partial charge in [0, 0.05) is 23.8 Å². The third-order valence-electron chi connectivity index (χ3n) is 4.03. The van der Waals surface area contributed by atoms with Gasteiger partial charge in [0.25, 0.3) is 0 Å². The third kappa shape index (κ3) is 3.06. The smallest absolute Gasteiger partial charge is 0.358 e. The minimum absolute atomic E-state index is 0.0421. The van der Waals surface area contributed by atoms with Crippen molar-refractivity contribution in [1.29, 1.82) is 0 Å². The van der Waals surface area contributed by atoms with E-state index in [9.17, 15) is 13.2 Å². The van der Waals surface area contributed by atoms with Gasteiger partial charge in [-0.1, -0.05) is 11.6 Å². The van der Waals surface area contributed by atoms with E-state index >= 15 is 0 Å². The first kappa shape index (κ1) is 16.3. The summed E-state index contributed by atoms with van der Waals surface area (Å²) in [6.45, 7) is 6.36. The summed E-state index contributed by atoms with van der Waals surface area (Å²) in [5.41, 5.74) is 4.32. The summed E-state index contributed by atoms with van der Waals surface area (Å²) < 4.78 is 38.1. The van der Waals surface area contributed by atoms with E-state index in [-0.39, 0.29) is 5.95 Å². The average molecular weight is 334 g/mol. The maximum absolute atomic E-state index is 12.7. The zero-order valence-corrected chi connectivity index (χ0v) is 13.5. The van der Waals surface area contributed by atoms with Crippen LogP contribution in [-0.2, 0) is 12.7 Å². The van der Waals surface area contributed by atoms with Crippen LogP contribution in [0.2, 0.25) is 0 Å². The minimum Gasteiger partial charge on any atom is -0.358 e. The zero-order valence-electron chi connectivity index (χ0n) is 13.5. The van der Waals surface area contributed by atoms with Crippen molar-refractivity contribution in [2.75, 3.05) is 5.32 Å². The van der Waals surface area contributed by atoms with Gasteiger partial charge in [0.2, 0.25) is 5.95 Å². The molecule has 126 valence electrons. The first-order valence-corrected chi connectivity index (χ1v) is 7.48. The minimum atomic E-state index is -4.48. The number of halogens is 3. The van der Waals surface area contributed by atoms with Crippen molar-refractivity contribution in [3.63, 3.8) is 0 Å². The molecule has 0 bridgehead atoms. The number of H-pyrrole nitrogens is 1. The fourth-order valence-electron chi connectivity index (χ4n) is 2.70. The molecule has 0 saturated carbocycles. The van der Waals surface area contributed by atoms with E-state index in [2.05, 4.69) is 26.3 Å². The highest BCUT2D eigenvalue weighted by Crippen LogP contribution is 2.28. The van der Waals surface area contributed by atoms with Gasteiger partial charge < -0.3 is 10.3 Å². The molecule has 0 aliphatic rings. The summed E-state index contributed by atoms with van der Waals surface area (Å²) in [6, 6.07) is 4.95. The Balaban J connectivity index is 1.90. The van der Waals surface area contributed by atoms with Gasteiger partial charge in [-0.3, -0.25) is 0 Å². The molecule has 0 atom stereocenters. The predicted molar refractivity (Wildman–Crippen MR) is 86.9 cm³/mol. The highest BCUT2D eigenvalue weighted by atomic mass is 19.4. The second kappa shape index (κ2) is 5.81. The zero-order chi connectivity index (χ0) is 17.5. The van der Waals surface area contributed by atoms with E-state index in [1.807, 2.05) is 26.8 Å². The summed E-state index contributed by atoms with van der Waals surface area (Å²) in [7, 11) is 0. The molecule has 0 spiro atoms. The van der Waals surface area contributed by atoms with E-state index < -0.39 is 11.9 Å². The van der Waals surface area contributed by atoms with Crippen LogP contribution in [0.1, 0.15) is 28.1 Å². The number of hydrogen-bond acceptors (Lipinski definition) is 3. The number of aromatic amines is 1. The van der Waals surface area contributed by atoms with Crippen LogP contribution >= 0.6 is 0 Å². The molecule has 0 aliphatic heterocycles. The SMILES string of the molecule is Cc1cc(CNc2nccc(C(F)(F)F)n2)c2[nH]c(C)c(C)c2c1. The van der Waals surface area contributed by atoms with Crippen LogP contribution < -0.4 is 5.32 Å². The molecule has 0 fully saturated rings. The molecule has 0 amide bonds. The Hall–Kier alpha value is -2.57. The Morgan fingerprint density at radius 3 is 2.62 bits per heavy atom. The van der Waals surface area contributed by atoms with Crippen LogP contribution in [0.25, 0.3) is 10.9 Å². The van der Waals surface area contributed by atoms with Crippen molar-refractivity contribution in [3.05, 3.63) is 52.5 Å². The number of nitrogens with zero attached hydrogens (tertiary/aromatic N) is 2. The lowest BCUT2D eigenvalue weighted by molar-refractivity contribution is -0.141. The molecule has 0 unspecified atom stereocenters. The Morgan fingerprint density at radius 2 is 1.92 bits per heavy atom. The van der Waals surface area contributed by atoms with Gasteiger partial charge in [0.1, 0.15) is 5.69 Å². The van der Waals surface area contributed by atoms with Crippen LogP contribution in [0.4, 0.5) is 19.1 Å². The molecule has 7 heteroatoms. The highest BCUT2D eigenvalue weighted by molar-refractivity contribution is 5.88. The molecule has 4 nitrogen and oxygen atoms in total. The lowest BCUT2D eigenvalue weighted by Gasteiger charge is -2.10. The first-order valence-electron chi connectivity index (χ1n) is 7.48. The molecule has 24 heavy (non-hydrogen) atoms. The third-order valence-corrected chi connectivity index (χ3v) is 4.03. The van der Waals surface area contributed by atoms with Crippen molar-refractivity contribution in [2.24, 2.45) is 0 Å². The standard InChI is InChI=1S/C17H17F3N4/c1-9-6-12(15-13(7-9)10(2)11(3)23-15)8-22-16-21-5-4-14(24-16)17(18,19)20/h4-7,23H,8H2,1-3H3,(H,21,22,24). The summed E-state index contributed by atoms with van der Waals surface area (Å²) in [5.74, 6) is -0.0421. The first-order chi connectivity index (χ1) is 11.3. The van der Waals surface area contributed by atoms with Gasteiger partial charge in [0.05, 0.1) is 5.52 Å². The van der Waals surface area contributed by atoms with Gasteiger partial charge in [-0.15, -0.1) is 0 Å². The monoisotopic (exact) mass is 334 g/mol. The largest absolute Gasteiger partial charge is 0.433 e. The Morgan fingerprint density at radius 1 is 1.17 bits per heavy atom. The normalized spacial score (nSPS) is 11.9. The molecule has 2 heterocycles. The van der Waals surface area contributed by atoms with Gasteiger partial charge in [-0.05, 0) is 44.0 Å². The fourth-order valence-corrected chi connectivity index (χ4v) is 2.70. The molecule has 1 aromatic carbocycles. The van der Waals surface area contributed by atoms with E-state index in [4.69, 9.17) is 0 Å². The van der Waals surface area contributed by atoms with Crippen molar-refractivity contribution in [1.82, 2.24) is 15.0 Å². The van der Waals surface area contributed by atoms with Crippen LogP contribution in [0.5, 0.6) is 0 Å². The molecule has 0 radical (unpaired) electrons. The molecule has 3 aromatic rings. The maximum atomic E-state index is 12.7. The Labute approximate surface area is 137 Å². The van der Waals surface area contributed by atoms with Crippen molar-refractivity contribution >= 4 is 16.9 Å². The number of rotatable bonds is 3. The second-order valence-corrected chi connectivity index (χ2v) is 5.84. The molecule has 0 aliphatic carbocycles. The van der Waals surface area contributed by atoms with Crippen LogP contribution in [-0.4, -0.2) is 15.0 Å². The topological polar surface area (TPSA) is 53.6 Å². The summed E-state index contributed by atoms with van der Waals surface area (Å²) in [6.07, 6.45) is -3.38. The summed E-state index contributed by atoms with van der Waals surface area (Å²) in [5, 5.41) is 4.00. The number of aryl methyl sites for hydroxylation is 3. The molecule has 2 N–H and O–H groups in total. The highest BCUT2D eigenvalue weighted by Gasteiger charge is 2.32. The van der Waals surface area contributed by atoms with Crippen molar-refractivity contribution in [3.8, 4) is 0 Å². The number of aromatic nitrogens is 3. The number of nitrogens with one attached hydrogen (secondary N) is 2. The van der Waals surface area contributed by atoms with E-state index in [1.54, 1.807) is 0 Å². The number of alkyl halides is 3. The number of benzene rings is 1. The van der Waals surface area contributed by atoms with Crippen LogP contribution in [0.15, 0.2) is 24.4 Å². The van der Waals surface area contributed by atoms with Gasteiger partial charge in [-0.2, -0.15) is 13.2 Å². The molecule has 0 saturated heterocycles. The summed E-state index contributed by atoms with van der Waals surface area (Å²) >= 11 is 0. The molecule has 3 rings (SSSR count). The predicted octanol–water partition coefficient (Wildman–Crippen LogP) is 4.51. The summed E-state index contributed by atoms with van der Waals surface area (Å²) in [4.78, 5) is 10.7. The lowest BCUT2D eigenvalue weighted by atomic mass is 10.0. The Bertz CT molecular complexity index is 897. The number of hydrogen-bond donors (Lipinski definition) is 2. The Kier molecular flexibility index (Phi) is 3.95. The van der Waals surface area contributed by atoms with E-state index in [0.29, 0.717) is 6.54 Å². The second-order valence-electron chi connectivity index (χ2n) is 5.84. The molecular formula is C17H17F3N4. The van der Waals surface area contributed by atoms with Crippen LogP contribution in [0, 0.1) is 20.8 Å².